The van der Waals surface area contributed by atoms with Crippen molar-refractivity contribution < 1.29 is 19.2 Å². The number of hydrogen-bond acceptors (Lipinski definition) is 5. The Labute approximate surface area is 126 Å². The Bertz CT molecular complexity index is 361. The number of amides is 3. The number of ketones is 1. The molecule has 5 N–H and O–H groups in total. The quantitative estimate of drug-likeness (QED) is 0.282. The molecule has 1 atom stereocenters. The van der Waals surface area contributed by atoms with Gasteiger partial charge in [-0.25, -0.2) is 0 Å². The van der Waals surface area contributed by atoms with Crippen molar-refractivity contribution in [3.63, 3.8) is 0 Å². The van der Waals surface area contributed by atoms with Gasteiger partial charge in [-0.3, -0.25) is 0 Å². The monoisotopic (exact) mass is 465 g/mol. The minimum absolute atomic E-state index is 0.0589. The maximum atomic E-state index is 11.6. The van der Waals surface area contributed by atoms with Gasteiger partial charge in [0.2, 0.25) is 0 Å². The molecular weight excluding hydrogens is 447 g/mol. The van der Waals surface area contributed by atoms with Gasteiger partial charge in [-0.15, -0.1) is 0 Å². The van der Waals surface area contributed by atoms with Crippen LogP contribution in [0.3, 0.4) is 0 Å². The third-order valence-corrected chi connectivity index (χ3v) is 3.59. The Hall–Kier alpha value is -1.04. The van der Waals surface area contributed by atoms with Crippen LogP contribution in [-0.2, 0) is 19.2 Å². The molecule has 0 aromatic carbocycles. The van der Waals surface area contributed by atoms with E-state index in [1.54, 1.807) is 0 Å². The van der Waals surface area contributed by atoms with E-state index in [0.29, 0.717) is 29.7 Å². The molecule has 0 fully saturated rings. The molecule has 0 rings (SSSR count). The summed E-state index contributed by atoms with van der Waals surface area (Å²) in [7, 11) is 0. The first-order chi connectivity index (χ1) is 8.90. The number of Topliss-reactive ketones (excluding diaryl/α,β-unsaturated/α-hetero) is 1. The number of carbonyl (C=O) groups excluding carboxylic acids is 4. The normalized spacial score (nSPS) is 11.3. The van der Waals surface area contributed by atoms with Crippen LogP contribution >= 0.6 is 0 Å². The zero-order valence-electron chi connectivity index (χ0n) is 10.6. The average Bonchev–Trinajstić information content (AvgIpc) is 2.39. The molecule has 0 heterocycles. The van der Waals surface area contributed by atoms with E-state index >= 15 is 0 Å². The van der Waals surface area contributed by atoms with Gasteiger partial charge in [0.25, 0.3) is 0 Å². The Balaban J connectivity index is 4.16. The second kappa shape index (κ2) is 9.84. The summed E-state index contributed by atoms with van der Waals surface area (Å²) in [5.74, 6) is -1.48. The van der Waals surface area contributed by atoms with E-state index in [-0.39, 0.29) is 25.4 Å². The third-order valence-electron chi connectivity index (χ3n) is 2.00. The predicted octanol–water partition coefficient (Wildman–Crippen LogP) is -3.16. The van der Waals surface area contributed by atoms with E-state index in [9.17, 15) is 19.2 Å². The van der Waals surface area contributed by atoms with Crippen LogP contribution in [0.1, 0.15) is 6.92 Å². The summed E-state index contributed by atoms with van der Waals surface area (Å²) in [6.07, 6.45) is 0. The van der Waals surface area contributed by atoms with Crippen molar-refractivity contribution in [1.29, 1.82) is 0 Å². The van der Waals surface area contributed by atoms with Gasteiger partial charge in [-0.2, -0.15) is 0 Å². The molecule has 3 radical (unpaired) electrons. The molecule has 0 spiro atoms. The molecule has 9 heteroatoms. The molecule has 0 aliphatic heterocycles. The summed E-state index contributed by atoms with van der Waals surface area (Å²) in [4.78, 5) is 44.7. The minimum atomic E-state index is -0.673. The van der Waals surface area contributed by atoms with Crippen LogP contribution < -0.4 is 21.7 Å². The summed E-state index contributed by atoms with van der Waals surface area (Å²) >= 11 is 0.712. The fourth-order valence-corrected chi connectivity index (χ4v) is 2.16. The molecule has 105 valence electrons. The van der Waals surface area contributed by atoms with Gasteiger partial charge in [0.1, 0.15) is 0 Å². The van der Waals surface area contributed by atoms with Crippen LogP contribution in [0, 0.1) is 0 Å². The zero-order valence-corrected chi connectivity index (χ0v) is 14.5. The SMILES string of the molecule is CC(=O)CNC(=O)C([CH2][Pb])NC(=O)CNC(=O)CN. The van der Waals surface area contributed by atoms with Crippen LogP contribution in [0.2, 0.25) is 3.98 Å². The van der Waals surface area contributed by atoms with Gasteiger partial charge in [0.15, 0.2) is 0 Å². The molecule has 0 aliphatic rings. The Morgan fingerprint density at radius 3 is 2.21 bits per heavy atom. The number of hydrogen-bond donors (Lipinski definition) is 4. The van der Waals surface area contributed by atoms with Crippen LogP contribution in [0.5, 0.6) is 0 Å². The van der Waals surface area contributed by atoms with E-state index in [1.807, 2.05) is 0 Å². The van der Waals surface area contributed by atoms with Crippen molar-refractivity contribution in [2.24, 2.45) is 5.73 Å². The van der Waals surface area contributed by atoms with Crippen LogP contribution in [0.4, 0.5) is 0 Å². The number of rotatable bonds is 8. The van der Waals surface area contributed by atoms with E-state index in [0.717, 1.165) is 0 Å². The Morgan fingerprint density at radius 1 is 1.11 bits per heavy atom. The molecule has 19 heavy (non-hydrogen) atoms. The van der Waals surface area contributed by atoms with E-state index in [2.05, 4.69) is 16.0 Å². The fourth-order valence-electron chi connectivity index (χ4n) is 1.04. The van der Waals surface area contributed by atoms with Crippen molar-refractivity contribution >= 4 is 49.3 Å². The fraction of sp³-hybridized carbons (Fsp3) is 0.600. The van der Waals surface area contributed by atoms with E-state index in [4.69, 9.17) is 5.73 Å². The second-order valence-corrected chi connectivity index (χ2v) is 5.31. The predicted molar refractivity (Wildman–Crippen MR) is 68.2 cm³/mol. The number of nitrogens with two attached hydrogens (primary N) is 1. The van der Waals surface area contributed by atoms with Crippen LogP contribution in [0.15, 0.2) is 0 Å². The molecule has 8 nitrogen and oxygen atoms in total. The average molecular weight is 464 g/mol. The summed E-state index contributed by atoms with van der Waals surface area (Å²) in [5.41, 5.74) is 5.07. The standard InChI is InChI=1S/C10H17N4O4.Pb/c1-6(15)4-13-10(18)7(2)14-9(17)5-12-8(16)3-11;/h7H,2-5,11H2,1H3,(H,12,16)(H,13,18)(H,14,17);. The van der Waals surface area contributed by atoms with Gasteiger partial charge < -0.3 is 0 Å². The Kier molecular flexibility index (Phi) is 9.30. The van der Waals surface area contributed by atoms with Crippen LogP contribution in [-0.4, -0.2) is 74.9 Å². The molecule has 0 saturated carbocycles. The van der Waals surface area contributed by atoms with Gasteiger partial charge in [-0.1, -0.05) is 0 Å². The summed E-state index contributed by atoms with van der Waals surface area (Å²) < 4.78 is 0.514. The van der Waals surface area contributed by atoms with Crippen molar-refractivity contribution in [3.8, 4) is 0 Å². The van der Waals surface area contributed by atoms with Gasteiger partial charge in [-0.05, 0) is 0 Å². The Morgan fingerprint density at radius 2 is 1.74 bits per heavy atom. The second-order valence-electron chi connectivity index (χ2n) is 3.72. The molecule has 0 aromatic heterocycles. The van der Waals surface area contributed by atoms with Gasteiger partial charge in [0.05, 0.1) is 0 Å². The third kappa shape index (κ3) is 8.64. The number of nitrogens with one attached hydrogen (secondary N) is 3. The topological polar surface area (TPSA) is 130 Å². The van der Waals surface area contributed by atoms with Crippen molar-refractivity contribution in [2.45, 2.75) is 16.9 Å². The van der Waals surface area contributed by atoms with Crippen molar-refractivity contribution in [2.75, 3.05) is 19.6 Å². The van der Waals surface area contributed by atoms with Crippen LogP contribution in [0.25, 0.3) is 0 Å². The summed E-state index contributed by atoms with van der Waals surface area (Å²) in [6.45, 7) is 0.873. The molecule has 1 unspecified atom stereocenters. The summed E-state index contributed by atoms with van der Waals surface area (Å²) in [5, 5.41) is 7.21. The van der Waals surface area contributed by atoms with E-state index in [1.165, 1.54) is 6.92 Å². The van der Waals surface area contributed by atoms with Crippen molar-refractivity contribution in [3.05, 3.63) is 0 Å². The van der Waals surface area contributed by atoms with Gasteiger partial charge >= 0.3 is 127 Å². The first-order valence-electron chi connectivity index (χ1n) is 5.58. The summed E-state index contributed by atoms with van der Waals surface area (Å²) in [6, 6.07) is -0.673. The molecule has 3 amide bonds. The first-order valence-corrected chi connectivity index (χ1v) is 8.33. The molecule has 0 bridgehead atoms. The number of carbonyl (C=O) groups is 4. The van der Waals surface area contributed by atoms with Crippen molar-refractivity contribution in [1.82, 2.24) is 16.0 Å². The molecule has 0 aliphatic carbocycles. The molecule has 0 saturated heterocycles. The van der Waals surface area contributed by atoms with Gasteiger partial charge in [0, 0.05) is 0 Å². The van der Waals surface area contributed by atoms with E-state index < -0.39 is 23.8 Å². The first kappa shape index (κ1) is 18.0. The maximum absolute atomic E-state index is 11.6. The molecule has 0 aromatic rings. The molecular formula is C10H17N4O4Pb. The zero-order chi connectivity index (χ0) is 14.8.